The second kappa shape index (κ2) is 7.26. The van der Waals surface area contributed by atoms with Crippen LogP contribution in [0.5, 0.6) is 0 Å². The number of carbonyl (C=O) groups excluding carboxylic acids is 1. The fourth-order valence-corrected chi connectivity index (χ4v) is 3.30. The van der Waals surface area contributed by atoms with Crippen molar-refractivity contribution in [3.05, 3.63) is 59.7 Å². The van der Waals surface area contributed by atoms with E-state index in [4.69, 9.17) is 0 Å². The van der Waals surface area contributed by atoms with Crippen molar-refractivity contribution in [3.63, 3.8) is 0 Å². The first-order valence-corrected chi connectivity index (χ1v) is 9.00. The molecule has 4 nitrogen and oxygen atoms in total. The Morgan fingerprint density at radius 3 is 2.08 bits per heavy atom. The number of amides is 1. The highest BCUT2D eigenvalue weighted by atomic mass is 32.2. The van der Waals surface area contributed by atoms with Crippen LogP contribution in [0.15, 0.2) is 53.4 Å². The summed E-state index contributed by atoms with van der Waals surface area (Å²) >= 11 is 0. The number of nitrogens with one attached hydrogen (secondary N) is 1. The number of carbonyl (C=O) groups is 1. The Balaban J connectivity index is 1.95. The molecule has 2 rings (SSSR count). The van der Waals surface area contributed by atoms with E-state index in [2.05, 4.69) is 5.32 Å². The molecular formula is C17H16F3NO3S. The number of rotatable bonds is 5. The number of sulfone groups is 1. The van der Waals surface area contributed by atoms with E-state index in [9.17, 15) is 26.4 Å². The van der Waals surface area contributed by atoms with Crippen molar-refractivity contribution >= 4 is 21.4 Å². The standard InChI is InChI=1S/C17H16F3NO3S/c1-12-2-8-15(9-3-12)25(23,24)11-10-16(22)21-14-6-4-13(5-7-14)17(18,19)20/h2-9H,10-11H2,1H3,(H,21,22). The summed E-state index contributed by atoms with van der Waals surface area (Å²) in [6.45, 7) is 1.83. The molecule has 0 aliphatic heterocycles. The monoisotopic (exact) mass is 371 g/mol. The summed E-state index contributed by atoms with van der Waals surface area (Å²) in [5.74, 6) is -0.974. The molecular weight excluding hydrogens is 355 g/mol. The average molecular weight is 371 g/mol. The fourth-order valence-electron chi connectivity index (χ4n) is 2.06. The zero-order valence-corrected chi connectivity index (χ0v) is 14.1. The first kappa shape index (κ1) is 19.0. The maximum absolute atomic E-state index is 12.5. The Morgan fingerprint density at radius 1 is 1.00 bits per heavy atom. The van der Waals surface area contributed by atoms with Crippen LogP contribution in [0.2, 0.25) is 0 Å². The summed E-state index contributed by atoms with van der Waals surface area (Å²) in [6, 6.07) is 10.2. The average Bonchev–Trinajstić information content (AvgIpc) is 2.53. The zero-order chi connectivity index (χ0) is 18.7. The summed E-state index contributed by atoms with van der Waals surface area (Å²) in [6.07, 6.45) is -4.75. The molecule has 0 bridgehead atoms. The summed E-state index contributed by atoms with van der Waals surface area (Å²) < 4.78 is 61.7. The Bertz CT molecular complexity index is 842. The SMILES string of the molecule is Cc1ccc(S(=O)(=O)CCC(=O)Nc2ccc(C(F)(F)F)cc2)cc1. The molecule has 0 radical (unpaired) electrons. The van der Waals surface area contributed by atoms with Crippen LogP contribution >= 0.6 is 0 Å². The van der Waals surface area contributed by atoms with Crippen LogP contribution in [0.4, 0.5) is 18.9 Å². The number of aryl methyl sites for hydroxylation is 1. The van der Waals surface area contributed by atoms with Crippen LogP contribution in [0, 0.1) is 6.92 Å². The molecule has 0 unspecified atom stereocenters. The summed E-state index contributed by atoms with van der Waals surface area (Å²) in [4.78, 5) is 12.0. The maximum atomic E-state index is 12.5. The molecule has 0 saturated carbocycles. The van der Waals surface area contributed by atoms with Gasteiger partial charge in [0.25, 0.3) is 0 Å². The van der Waals surface area contributed by atoms with Gasteiger partial charge in [0.05, 0.1) is 16.2 Å². The zero-order valence-electron chi connectivity index (χ0n) is 13.3. The van der Waals surface area contributed by atoms with Gasteiger partial charge in [-0.15, -0.1) is 0 Å². The van der Waals surface area contributed by atoms with E-state index in [-0.39, 0.29) is 22.8 Å². The third-order valence-electron chi connectivity index (χ3n) is 3.47. The lowest BCUT2D eigenvalue weighted by Gasteiger charge is -2.09. The van der Waals surface area contributed by atoms with Crippen LogP contribution in [0.1, 0.15) is 17.5 Å². The summed E-state index contributed by atoms with van der Waals surface area (Å²) in [5.41, 5.74) is 0.261. The highest BCUT2D eigenvalue weighted by Gasteiger charge is 2.30. The van der Waals surface area contributed by atoms with Crippen molar-refractivity contribution < 1.29 is 26.4 Å². The molecule has 0 aromatic heterocycles. The van der Waals surface area contributed by atoms with Gasteiger partial charge in [-0.25, -0.2) is 8.42 Å². The minimum atomic E-state index is -4.45. The largest absolute Gasteiger partial charge is 0.416 e. The Hall–Kier alpha value is -2.35. The van der Waals surface area contributed by atoms with Gasteiger partial charge in [-0.05, 0) is 43.3 Å². The van der Waals surface area contributed by atoms with Crippen molar-refractivity contribution in [2.45, 2.75) is 24.4 Å². The van der Waals surface area contributed by atoms with Crippen molar-refractivity contribution in [2.24, 2.45) is 0 Å². The Kier molecular flexibility index (Phi) is 5.52. The van der Waals surface area contributed by atoms with Gasteiger partial charge in [0, 0.05) is 12.1 Å². The normalized spacial score (nSPS) is 12.0. The molecule has 0 heterocycles. The van der Waals surface area contributed by atoms with Gasteiger partial charge >= 0.3 is 6.18 Å². The molecule has 0 spiro atoms. The highest BCUT2D eigenvalue weighted by Crippen LogP contribution is 2.29. The van der Waals surface area contributed by atoms with E-state index in [1.165, 1.54) is 12.1 Å². The van der Waals surface area contributed by atoms with Crippen molar-refractivity contribution in [1.82, 2.24) is 0 Å². The van der Waals surface area contributed by atoms with Gasteiger partial charge in [0.1, 0.15) is 0 Å². The van der Waals surface area contributed by atoms with Crippen LogP contribution in [-0.4, -0.2) is 20.1 Å². The summed E-state index contributed by atoms with van der Waals surface area (Å²) in [5, 5.41) is 2.38. The number of benzene rings is 2. The number of anilines is 1. The van der Waals surface area contributed by atoms with E-state index in [0.29, 0.717) is 0 Å². The van der Waals surface area contributed by atoms with Gasteiger partial charge in [0.2, 0.25) is 5.91 Å². The number of alkyl halides is 3. The van der Waals surface area contributed by atoms with Crippen LogP contribution in [0.3, 0.4) is 0 Å². The molecule has 2 aromatic carbocycles. The summed E-state index contributed by atoms with van der Waals surface area (Å²) in [7, 11) is -3.60. The molecule has 25 heavy (non-hydrogen) atoms. The minimum absolute atomic E-state index is 0.125. The molecule has 0 aliphatic rings. The van der Waals surface area contributed by atoms with Crippen LogP contribution < -0.4 is 5.32 Å². The Morgan fingerprint density at radius 2 is 1.56 bits per heavy atom. The first-order valence-electron chi connectivity index (χ1n) is 7.34. The molecule has 1 amide bonds. The molecule has 134 valence electrons. The number of hydrogen-bond acceptors (Lipinski definition) is 3. The van der Waals surface area contributed by atoms with Gasteiger partial charge in [-0.2, -0.15) is 13.2 Å². The van der Waals surface area contributed by atoms with Gasteiger partial charge in [-0.1, -0.05) is 17.7 Å². The van der Waals surface area contributed by atoms with Crippen molar-refractivity contribution in [3.8, 4) is 0 Å². The lowest BCUT2D eigenvalue weighted by molar-refractivity contribution is -0.137. The van der Waals surface area contributed by atoms with E-state index >= 15 is 0 Å². The lowest BCUT2D eigenvalue weighted by atomic mass is 10.2. The van der Waals surface area contributed by atoms with E-state index in [1.807, 2.05) is 6.92 Å². The molecule has 2 aromatic rings. The first-order chi connectivity index (χ1) is 11.6. The second-order valence-electron chi connectivity index (χ2n) is 5.51. The third kappa shape index (κ3) is 5.32. The molecule has 0 atom stereocenters. The minimum Gasteiger partial charge on any atom is -0.326 e. The van der Waals surface area contributed by atoms with E-state index in [1.54, 1.807) is 12.1 Å². The molecule has 0 fully saturated rings. The topological polar surface area (TPSA) is 63.2 Å². The number of hydrogen-bond donors (Lipinski definition) is 1. The fraction of sp³-hybridized carbons (Fsp3) is 0.235. The molecule has 0 aliphatic carbocycles. The molecule has 8 heteroatoms. The third-order valence-corrected chi connectivity index (χ3v) is 5.21. The predicted octanol–water partition coefficient (Wildman–Crippen LogP) is 3.82. The predicted molar refractivity (Wildman–Crippen MR) is 87.9 cm³/mol. The van der Waals surface area contributed by atoms with E-state index in [0.717, 1.165) is 29.8 Å². The Labute approximate surface area is 143 Å². The van der Waals surface area contributed by atoms with Gasteiger partial charge in [0.15, 0.2) is 9.84 Å². The molecule has 1 N–H and O–H groups in total. The van der Waals surface area contributed by atoms with Crippen molar-refractivity contribution in [1.29, 1.82) is 0 Å². The van der Waals surface area contributed by atoms with Crippen LogP contribution in [0.25, 0.3) is 0 Å². The quantitative estimate of drug-likeness (QED) is 0.869. The molecule has 0 saturated heterocycles. The highest BCUT2D eigenvalue weighted by molar-refractivity contribution is 7.91. The van der Waals surface area contributed by atoms with Gasteiger partial charge < -0.3 is 5.32 Å². The maximum Gasteiger partial charge on any atom is 0.416 e. The van der Waals surface area contributed by atoms with E-state index < -0.39 is 27.5 Å². The smallest absolute Gasteiger partial charge is 0.326 e. The lowest BCUT2D eigenvalue weighted by Crippen LogP contribution is -2.17. The second-order valence-corrected chi connectivity index (χ2v) is 7.61. The van der Waals surface area contributed by atoms with Crippen molar-refractivity contribution in [2.75, 3.05) is 11.1 Å². The number of halogens is 3. The van der Waals surface area contributed by atoms with Crippen LogP contribution in [-0.2, 0) is 20.8 Å². The van der Waals surface area contributed by atoms with Gasteiger partial charge in [-0.3, -0.25) is 4.79 Å².